The molecule has 0 heterocycles. The summed E-state index contributed by atoms with van der Waals surface area (Å²) in [5.41, 5.74) is 0.873. The molecule has 0 saturated carbocycles. The van der Waals surface area contributed by atoms with Crippen molar-refractivity contribution in [1.82, 2.24) is 4.72 Å². The van der Waals surface area contributed by atoms with E-state index in [1.807, 2.05) is 4.72 Å². The van der Waals surface area contributed by atoms with Crippen molar-refractivity contribution in [3.63, 3.8) is 0 Å². The number of hydrogen-bond donors (Lipinski definition) is 2. The average molecular weight is 408 g/mol. The Kier molecular flexibility index (Phi) is 6.96. The molecule has 148 valence electrons. The van der Waals surface area contributed by atoms with Crippen molar-refractivity contribution < 1.29 is 31.9 Å². The first kappa shape index (κ1) is 21.2. The van der Waals surface area contributed by atoms with Crippen molar-refractivity contribution in [3.8, 4) is 0 Å². The maximum absolute atomic E-state index is 13.5. The van der Waals surface area contributed by atoms with E-state index in [4.69, 9.17) is 0 Å². The molecule has 10 heteroatoms. The predicted molar refractivity (Wildman–Crippen MR) is 97.6 cm³/mol. The van der Waals surface area contributed by atoms with E-state index in [1.165, 1.54) is 43.3 Å². The first-order valence-electron chi connectivity index (χ1n) is 8.00. The second-order valence-corrected chi connectivity index (χ2v) is 7.33. The van der Waals surface area contributed by atoms with Crippen molar-refractivity contribution in [3.05, 3.63) is 59.9 Å². The highest BCUT2D eigenvalue weighted by molar-refractivity contribution is 7.89. The summed E-state index contributed by atoms with van der Waals surface area (Å²) in [5, 5.41) is 2.45. The number of benzene rings is 2. The lowest BCUT2D eigenvalue weighted by Gasteiger charge is -2.09. The number of hydrogen-bond acceptors (Lipinski definition) is 6. The Bertz CT molecular complexity index is 989. The third-order valence-electron chi connectivity index (χ3n) is 3.47. The van der Waals surface area contributed by atoms with Crippen LogP contribution in [0.1, 0.15) is 17.3 Å². The summed E-state index contributed by atoms with van der Waals surface area (Å²) in [4.78, 5) is 34.0. The Morgan fingerprint density at radius 3 is 2.29 bits per heavy atom. The molecule has 0 bridgehead atoms. The third kappa shape index (κ3) is 5.96. The minimum atomic E-state index is -4.24. The molecule has 0 aliphatic carbocycles. The summed E-state index contributed by atoms with van der Waals surface area (Å²) in [7, 11) is -4.24. The predicted octanol–water partition coefficient (Wildman–Crippen LogP) is 1.49. The van der Waals surface area contributed by atoms with Crippen LogP contribution in [-0.2, 0) is 24.3 Å². The lowest BCUT2D eigenvalue weighted by Crippen LogP contribution is -2.32. The molecule has 2 aromatic rings. The van der Waals surface area contributed by atoms with Crippen LogP contribution in [0.15, 0.2) is 53.4 Å². The number of anilines is 1. The molecule has 0 saturated heterocycles. The number of Topliss-reactive ketones (excluding diaryl/α,β-unsaturated/α-hetero) is 1. The highest BCUT2D eigenvalue weighted by atomic mass is 32.2. The van der Waals surface area contributed by atoms with Crippen LogP contribution in [0, 0.1) is 5.82 Å². The van der Waals surface area contributed by atoms with Crippen LogP contribution < -0.4 is 10.0 Å². The second kappa shape index (κ2) is 9.20. The summed E-state index contributed by atoms with van der Waals surface area (Å²) < 4.78 is 44.0. The van der Waals surface area contributed by atoms with Gasteiger partial charge in [0.05, 0.1) is 0 Å². The van der Waals surface area contributed by atoms with Crippen molar-refractivity contribution in [2.24, 2.45) is 0 Å². The van der Waals surface area contributed by atoms with Crippen LogP contribution in [0.2, 0.25) is 0 Å². The molecule has 0 radical (unpaired) electrons. The van der Waals surface area contributed by atoms with Gasteiger partial charge in [-0.3, -0.25) is 14.4 Å². The number of rotatable bonds is 8. The van der Waals surface area contributed by atoms with Gasteiger partial charge < -0.3 is 10.1 Å². The van der Waals surface area contributed by atoms with Crippen LogP contribution in [0.3, 0.4) is 0 Å². The zero-order chi connectivity index (χ0) is 20.7. The first-order chi connectivity index (χ1) is 13.2. The van der Waals surface area contributed by atoms with Gasteiger partial charge in [-0.2, -0.15) is 4.72 Å². The van der Waals surface area contributed by atoms with Gasteiger partial charge in [-0.1, -0.05) is 12.1 Å². The van der Waals surface area contributed by atoms with Crippen LogP contribution in [0.4, 0.5) is 10.1 Å². The molecular formula is C18H17FN2O6S. The standard InChI is InChI=1S/C18H17FN2O6S/c1-12(22)13-6-8-14(9-7-13)21-17(23)11-27-18(24)10-20-28(25,26)16-5-3-2-4-15(16)19/h2-9,20H,10-11H2,1H3,(H,21,23). The van der Waals surface area contributed by atoms with Crippen molar-refractivity contribution in [2.75, 3.05) is 18.5 Å². The van der Waals surface area contributed by atoms with Gasteiger partial charge in [-0.25, -0.2) is 12.8 Å². The van der Waals surface area contributed by atoms with Crippen LogP contribution >= 0.6 is 0 Å². The number of amides is 1. The Morgan fingerprint density at radius 2 is 1.68 bits per heavy atom. The molecule has 2 N–H and O–H groups in total. The summed E-state index contributed by atoms with van der Waals surface area (Å²) in [6, 6.07) is 10.8. The van der Waals surface area contributed by atoms with E-state index in [1.54, 1.807) is 0 Å². The Balaban J connectivity index is 1.81. The summed E-state index contributed by atoms with van der Waals surface area (Å²) >= 11 is 0. The normalized spacial score (nSPS) is 10.9. The van der Waals surface area contributed by atoms with Crippen LogP contribution in [0.25, 0.3) is 0 Å². The molecule has 0 aliphatic heterocycles. The molecule has 8 nitrogen and oxygen atoms in total. The fourth-order valence-electron chi connectivity index (χ4n) is 2.08. The maximum atomic E-state index is 13.5. The van der Waals surface area contributed by atoms with E-state index in [-0.39, 0.29) is 5.78 Å². The van der Waals surface area contributed by atoms with Crippen LogP contribution in [-0.4, -0.2) is 39.2 Å². The molecule has 0 spiro atoms. The lowest BCUT2D eigenvalue weighted by atomic mass is 10.1. The van der Waals surface area contributed by atoms with E-state index < -0.39 is 45.8 Å². The van der Waals surface area contributed by atoms with Gasteiger partial charge in [-0.05, 0) is 43.3 Å². The Hall–Kier alpha value is -3.11. The first-order valence-corrected chi connectivity index (χ1v) is 9.48. The number of carbonyl (C=O) groups excluding carboxylic acids is 3. The van der Waals surface area contributed by atoms with Gasteiger partial charge in [-0.15, -0.1) is 0 Å². The zero-order valence-corrected chi connectivity index (χ0v) is 15.6. The van der Waals surface area contributed by atoms with Gasteiger partial charge in [0.1, 0.15) is 17.3 Å². The Morgan fingerprint density at radius 1 is 1.04 bits per heavy atom. The molecule has 0 atom stereocenters. The number of carbonyl (C=O) groups is 3. The number of ketones is 1. The van der Waals surface area contributed by atoms with Gasteiger partial charge in [0, 0.05) is 11.3 Å². The van der Waals surface area contributed by atoms with E-state index in [0.717, 1.165) is 12.1 Å². The molecule has 1 amide bonds. The molecule has 0 unspecified atom stereocenters. The number of sulfonamides is 1. The van der Waals surface area contributed by atoms with E-state index in [9.17, 15) is 27.2 Å². The average Bonchev–Trinajstić information content (AvgIpc) is 2.65. The largest absolute Gasteiger partial charge is 0.455 e. The minimum Gasteiger partial charge on any atom is -0.455 e. The van der Waals surface area contributed by atoms with Gasteiger partial charge >= 0.3 is 5.97 Å². The quantitative estimate of drug-likeness (QED) is 0.505. The molecule has 0 aliphatic rings. The molecule has 2 rings (SSSR count). The topological polar surface area (TPSA) is 119 Å². The minimum absolute atomic E-state index is 0.121. The maximum Gasteiger partial charge on any atom is 0.321 e. The van der Waals surface area contributed by atoms with Crippen molar-refractivity contribution in [2.45, 2.75) is 11.8 Å². The summed E-state index contributed by atoms with van der Waals surface area (Å²) in [6.45, 7) is -0.000565. The fourth-order valence-corrected chi connectivity index (χ4v) is 3.12. The van der Waals surface area contributed by atoms with Crippen molar-refractivity contribution >= 4 is 33.4 Å². The highest BCUT2D eigenvalue weighted by Crippen LogP contribution is 2.13. The van der Waals surface area contributed by atoms with Gasteiger partial charge in [0.2, 0.25) is 10.0 Å². The highest BCUT2D eigenvalue weighted by Gasteiger charge is 2.20. The van der Waals surface area contributed by atoms with Gasteiger partial charge in [0.15, 0.2) is 12.4 Å². The summed E-state index contributed by atoms with van der Waals surface area (Å²) in [6.07, 6.45) is 0. The van der Waals surface area contributed by atoms with Crippen LogP contribution in [0.5, 0.6) is 0 Å². The zero-order valence-electron chi connectivity index (χ0n) is 14.8. The fraction of sp³-hybridized carbons (Fsp3) is 0.167. The van der Waals surface area contributed by atoms with E-state index >= 15 is 0 Å². The third-order valence-corrected chi connectivity index (χ3v) is 4.91. The smallest absolute Gasteiger partial charge is 0.321 e. The molecule has 0 fully saturated rings. The monoisotopic (exact) mass is 408 g/mol. The SMILES string of the molecule is CC(=O)c1ccc(NC(=O)COC(=O)CNS(=O)(=O)c2ccccc2F)cc1. The molecular weight excluding hydrogens is 391 g/mol. The number of ether oxygens (including phenoxy) is 1. The van der Waals surface area contributed by atoms with E-state index in [2.05, 4.69) is 10.1 Å². The van der Waals surface area contributed by atoms with E-state index in [0.29, 0.717) is 11.3 Å². The summed E-state index contributed by atoms with van der Waals surface area (Å²) in [5.74, 6) is -2.74. The molecule has 2 aromatic carbocycles. The second-order valence-electron chi connectivity index (χ2n) is 5.60. The lowest BCUT2D eigenvalue weighted by molar-refractivity contribution is -0.146. The Labute approximate surface area is 160 Å². The molecule has 0 aromatic heterocycles. The van der Waals surface area contributed by atoms with Crippen molar-refractivity contribution in [1.29, 1.82) is 0 Å². The number of nitrogens with one attached hydrogen (secondary N) is 2. The number of halogens is 1. The van der Waals surface area contributed by atoms with Gasteiger partial charge in [0.25, 0.3) is 5.91 Å². The number of esters is 1. The molecule has 28 heavy (non-hydrogen) atoms.